The number of nitrogens with one attached hydrogen (secondary N) is 1. The molecule has 7 nitrogen and oxygen atoms in total. The molecule has 0 radical (unpaired) electrons. The molecule has 0 unspecified atom stereocenters. The van der Waals surface area contributed by atoms with Crippen LogP contribution in [0.5, 0.6) is 0 Å². The molecule has 2 aliphatic rings. The van der Waals surface area contributed by atoms with Crippen molar-refractivity contribution in [3.05, 3.63) is 56.9 Å². The van der Waals surface area contributed by atoms with Gasteiger partial charge in [-0.25, -0.2) is 4.79 Å². The third kappa shape index (κ3) is 4.31. The van der Waals surface area contributed by atoms with Crippen LogP contribution in [0.25, 0.3) is 5.69 Å². The van der Waals surface area contributed by atoms with Crippen molar-refractivity contribution < 1.29 is 4.79 Å². The van der Waals surface area contributed by atoms with Crippen molar-refractivity contribution in [3.63, 3.8) is 0 Å². The zero-order chi connectivity index (χ0) is 22.0. The molecule has 1 aliphatic heterocycles. The first-order valence-electron chi connectivity index (χ1n) is 11.4. The van der Waals surface area contributed by atoms with E-state index in [1.807, 2.05) is 42.2 Å². The Kier molecular flexibility index (Phi) is 6.30. The number of para-hydroxylation sites is 1. The first kappa shape index (κ1) is 21.4. The second-order valence-electron chi connectivity index (χ2n) is 8.86. The van der Waals surface area contributed by atoms with Gasteiger partial charge in [-0.3, -0.25) is 18.7 Å². The van der Waals surface area contributed by atoms with Gasteiger partial charge in [0.15, 0.2) is 0 Å². The predicted molar refractivity (Wildman–Crippen MR) is 122 cm³/mol. The molecule has 1 aromatic heterocycles. The summed E-state index contributed by atoms with van der Waals surface area (Å²) in [6.45, 7) is 3.09. The van der Waals surface area contributed by atoms with E-state index in [-0.39, 0.29) is 23.1 Å². The second kappa shape index (κ2) is 9.12. The van der Waals surface area contributed by atoms with E-state index in [1.165, 1.54) is 30.9 Å². The lowest BCUT2D eigenvalue weighted by Gasteiger charge is -2.34. The van der Waals surface area contributed by atoms with Gasteiger partial charge >= 0.3 is 5.69 Å². The summed E-state index contributed by atoms with van der Waals surface area (Å²) in [5.41, 5.74) is 1.31. The lowest BCUT2D eigenvalue weighted by molar-refractivity contribution is -0.126. The standard InChI is InChI=1S/C24H32N4O3/c1-17-21(23(30)26(2)24(31)28(17)20-11-7-4-8-12-20)27-15-13-18(14-16-27)22(29)25-19-9-5-3-6-10-19/h4,7-8,11-12,18-19H,3,5-6,9-10,13-16H2,1-2H3,(H,25,29). The van der Waals surface area contributed by atoms with Crippen molar-refractivity contribution in [2.75, 3.05) is 18.0 Å². The molecule has 1 N–H and O–H groups in total. The van der Waals surface area contributed by atoms with Gasteiger partial charge in [0.05, 0.1) is 11.4 Å². The van der Waals surface area contributed by atoms with Gasteiger partial charge in [0.25, 0.3) is 5.56 Å². The van der Waals surface area contributed by atoms with Crippen LogP contribution < -0.4 is 21.5 Å². The van der Waals surface area contributed by atoms with Crippen LogP contribution in [0.2, 0.25) is 0 Å². The summed E-state index contributed by atoms with van der Waals surface area (Å²) >= 11 is 0. The van der Waals surface area contributed by atoms with E-state index in [2.05, 4.69) is 5.32 Å². The van der Waals surface area contributed by atoms with Crippen molar-refractivity contribution in [1.82, 2.24) is 14.5 Å². The maximum Gasteiger partial charge on any atom is 0.335 e. The number of carbonyl (C=O) groups is 1. The summed E-state index contributed by atoms with van der Waals surface area (Å²) < 4.78 is 2.77. The molecule has 1 saturated carbocycles. The highest BCUT2D eigenvalue weighted by atomic mass is 16.2. The Labute approximate surface area is 182 Å². The van der Waals surface area contributed by atoms with Gasteiger partial charge in [0.1, 0.15) is 5.69 Å². The Morgan fingerprint density at radius 1 is 0.968 bits per heavy atom. The molecule has 31 heavy (non-hydrogen) atoms. The van der Waals surface area contributed by atoms with E-state index in [0.29, 0.717) is 43.4 Å². The van der Waals surface area contributed by atoms with Gasteiger partial charge < -0.3 is 10.2 Å². The maximum absolute atomic E-state index is 13.0. The molecular weight excluding hydrogens is 392 g/mol. The number of piperidine rings is 1. The molecule has 2 aromatic rings. The van der Waals surface area contributed by atoms with Crippen LogP contribution in [0.15, 0.2) is 39.9 Å². The fraction of sp³-hybridized carbons (Fsp3) is 0.542. The van der Waals surface area contributed by atoms with Crippen molar-refractivity contribution in [2.24, 2.45) is 13.0 Å². The Morgan fingerprint density at radius 3 is 2.26 bits per heavy atom. The monoisotopic (exact) mass is 424 g/mol. The molecule has 2 heterocycles. The number of rotatable bonds is 4. The molecule has 0 spiro atoms. The normalized spacial score (nSPS) is 18.2. The highest BCUT2D eigenvalue weighted by molar-refractivity contribution is 5.79. The number of anilines is 1. The first-order valence-corrected chi connectivity index (χ1v) is 11.4. The maximum atomic E-state index is 13.0. The van der Waals surface area contributed by atoms with E-state index in [9.17, 15) is 14.4 Å². The van der Waals surface area contributed by atoms with Crippen molar-refractivity contribution in [1.29, 1.82) is 0 Å². The molecule has 4 rings (SSSR count). The number of carbonyl (C=O) groups excluding carboxylic acids is 1. The van der Waals surface area contributed by atoms with E-state index in [0.717, 1.165) is 18.5 Å². The first-order chi connectivity index (χ1) is 15.0. The molecule has 1 aliphatic carbocycles. The third-order valence-corrected chi connectivity index (χ3v) is 6.81. The molecule has 1 saturated heterocycles. The van der Waals surface area contributed by atoms with Crippen LogP contribution in [0.4, 0.5) is 5.69 Å². The Hall–Kier alpha value is -2.83. The minimum absolute atomic E-state index is 0.0117. The summed E-state index contributed by atoms with van der Waals surface area (Å²) in [6, 6.07) is 9.71. The molecule has 0 atom stereocenters. The van der Waals surface area contributed by atoms with E-state index in [1.54, 1.807) is 4.57 Å². The van der Waals surface area contributed by atoms with Crippen molar-refractivity contribution >= 4 is 11.6 Å². The summed E-state index contributed by atoms with van der Waals surface area (Å²) in [5.74, 6) is 0.146. The summed E-state index contributed by atoms with van der Waals surface area (Å²) in [7, 11) is 1.53. The summed E-state index contributed by atoms with van der Waals surface area (Å²) in [5, 5.41) is 3.24. The average Bonchev–Trinajstić information content (AvgIpc) is 2.80. The summed E-state index contributed by atoms with van der Waals surface area (Å²) in [6.07, 6.45) is 7.26. The average molecular weight is 425 g/mol. The van der Waals surface area contributed by atoms with Crippen LogP contribution >= 0.6 is 0 Å². The van der Waals surface area contributed by atoms with Crippen LogP contribution in [-0.4, -0.2) is 34.2 Å². The van der Waals surface area contributed by atoms with E-state index < -0.39 is 0 Å². The fourth-order valence-electron chi connectivity index (χ4n) is 4.98. The molecular formula is C24H32N4O3. The van der Waals surface area contributed by atoms with E-state index >= 15 is 0 Å². The quantitative estimate of drug-likeness (QED) is 0.818. The highest BCUT2D eigenvalue weighted by Crippen LogP contribution is 2.25. The Morgan fingerprint density at radius 2 is 1.61 bits per heavy atom. The summed E-state index contributed by atoms with van der Waals surface area (Å²) in [4.78, 5) is 40.6. The molecule has 2 fully saturated rings. The molecule has 1 amide bonds. The number of hydrogen-bond donors (Lipinski definition) is 1. The van der Waals surface area contributed by atoms with Gasteiger partial charge in [0, 0.05) is 32.1 Å². The van der Waals surface area contributed by atoms with Crippen LogP contribution in [0.3, 0.4) is 0 Å². The molecule has 166 valence electrons. The van der Waals surface area contributed by atoms with Gasteiger partial charge in [-0.2, -0.15) is 0 Å². The highest BCUT2D eigenvalue weighted by Gasteiger charge is 2.29. The van der Waals surface area contributed by atoms with Crippen LogP contribution in [0, 0.1) is 12.8 Å². The number of aromatic nitrogens is 2. The fourth-order valence-corrected chi connectivity index (χ4v) is 4.98. The molecule has 1 aromatic carbocycles. The lowest BCUT2D eigenvalue weighted by Crippen LogP contribution is -2.47. The van der Waals surface area contributed by atoms with Crippen LogP contribution in [0.1, 0.15) is 50.6 Å². The van der Waals surface area contributed by atoms with Gasteiger partial charge in [-0.05, 0) is 44.7 Å². The number of nitrogens with zero attached hydrogens (tertiary/aromatic N) is 3. The lowest BCUT2D eigenvalue weighted by atomic mass is 9.92. The smallest absolute Gasteiger partial charge is 0.335 e. The molecule has 7 heteroatoms. The zero-order valence-corrected chi connectivity index (χ0v) is 18.5. The minimum Gasteiger partial charge on any atom is -0.366 e. The van der Waals surface area contributed by atoms with Gasteiger partial charge in [-0.1, -0.05) is 37.5 Å². The van der Waals surface area contributed by atoms with Gasteiger partial charge in [0.2, 0.25) is 5.91 Å². The van der Waals surface area contributed by atoms with Crippen molar-refractivity contribution in [2.45, 2.75) is 57.9 Å². The molecule has 0 bridgehead atoms. The van der Waals surface area contributed by atoms with E-state index in [4.69, 9.17) is 0 Å². The zero-order valence-electron chi connectivity index (χ0n) is 18.5. The number of amides is 1. The SMILES string of the molecule is Cc1c(N2CCC(C(=O)NC3CCCCC3)CC2)c(=O)n(C)c(=O)n1-c1ccccc1. The van der Waals surface area contributed by atoms with Gasteiger partial charge in [-0.15, -0.1) is 0 Å². The third-order valence-electron chi connectivity index (χ3n) is 6.81. The minimum atomic E-state index is -0.348. The number of hydrogen-bond acceptors (Lipinski definition) is 4. The van der Waals surface area contributed by atoms with Crippen LogP contribution in [-0.2, 0) is 11.8 Å². The predicted octanol–water partition coefficient (Wildman–Crippen LogP) is 2.51. The largest absolute Gasteiger partial charge is 0.366 e. The Balaban J connectivity index is 1.53. The topological polar surface area (TPSA) is 76.3 Å². The number of benzene rings is 1. The Bertz CT molecular complexity index is 1040. The van der Waals surface area contributed by atoms with Crippen molar-refractivity contribution in [3.8, 4) is 5.69 Å². The second-order valence-corrected chi connectivity index (χ2v) is 8.86.